The number of hydrogen-bond donors (Lipinski definition) is 1. The minimum Gasteiger partial charge on any atom is -0.354 e. The Morgan fingerprint density at radius 3 is 2.60 bits per heavy atom. The Kier molecular flexibility index (Phi) is 6.68. The Morgan fingerprint density at radius 1 is 1.06 bits per heavy atom. The summed E-state index contributed by atoms with van der Waals surface area (Å²) < 4.78 is 4.04. The zero-order valence-corrected chi connectivity index (χ0v) is 20.7. The molecule has 6 nitrogen and oxygen atoms in total. The fraction of sp³-hybridized carbons (Fsp3) is 0.321. The summed E-state index contributed by atoms with van der Waals surface area (Å²) in [6.45, 7) is 2.47. The molecule has 1 aliphatic rings. The van der Waals surface area contributed by atoms with E-state index in [0.29, 0.717) is 22.4 Å². The van der Waals surface area contributed by atoms with Gasteiger partial charge < -0.3 is 5.32 Å². The molecule has 0 bridgehead atoms. The number of benzene rings is 2. The Bertz CT molecular complexity index is 1540. The number of hydrogen-bond acceptors (Lipinski definition) is 4. The van der Waals surface area contributed by atoms with Gasteiger partial charge in [-0.05, 0) is 62.3 Å². The highest BCUT2D eigenvalue weighted by Gasteiger charge is 2.20. The van der Waals surface area contributed by atoms with Crippen LogP contribution >= 0.6 is 11.3 Å². The molecule has 0 atom stereocenters. The van der Waals surface area contributed by atoms with E-state index in [4.69, 9.17) is 0 Å². The standard InChI is InChI=1S/C28H29N3O3S/c1-2-19-12-14-21(15-13-19)31-27(33)26-25(22-10-6-7-11-23(22)35-26)30(28(31)34)18-24(32)29-17-16-20-8-4-3-5-9-20/h6-8,10-15H,2-5,9,16-18H2,1H3,(H,29,32). The Labute approximate surface area is 207 Å². The van der Waals surface area contributed by atoms with Crippen LogP contribution in [0.25, 0.3) is 26.0 Å². The molecule has 180 valence electrons. The van der Waals surface area contributed by atoms with Gasteiger partial charge in [-0.25, -0.2) is 9.36 Å². The molecular formula is C28H29N3O3S. The average molecular weight is 488 g/mol. The van der Waals surface area contributed by atoms with E-state index in [1.54, 1.807) is 12.1 Å². The molecule has 0 fully saturated rings. The Morgan fingerprint density at radius 2 is 1.86 bits per heavy atom. The second kappa shape index (κ2) is 10.0. The van der Waals surface area contributed by atoms with Crippen LogP contribution in [-0.2, 0) is 17.8 Å². The van der Waals surface area contributed by atoms with E-state index in [2.05, 4.69) is 18.3 Å². The van der Waals surface area contributed by atoms with Crippen LogP contribution in [-0.4, -0.2) is 21.6 Å². The van der Waals surface area contributed by atoms with Gasteiger partial charge in [0.25, 0.3) is 5.56 Å². The molecule has 0 unspecified atom stereocenters. The van der Waals surface area contributed by atoms with Crippen molar-refractivity contribution in [1.29, 1.82) is 0 Å². The SMILES string of the molecule is CCc1ccc(-n2c(=O)c3sc4ccccc4c3n(CC(=O)NCCC3=CCCCC3)c2=O)cc1. The molecule has 1 N–H and O–H groups in total. The fourth-order valence-corrected chi connectivity index (χ4v) is 5.93. The van der Waals surface area contributed by atoms with Crippen molar-refractivity contribution >= 4 is 37.5 Å². The van der Waals surface area contributed by atoms with Crippen molar-refractivity contribution in [2.75, 3.05) is 6.54 Å². The van der Waals surface area contributed by atoms with Crippen LogP contribution in [0.3, 0.4) is 0 Å². The third kappa shape index (κ3) is 4.60. The van der Waals surface area contributed by atoms with Gasteiger partial charge in [0.1, 0.15) is 11.2 Å². The highest BCUT2D eigenvalue weighted by molar-refractivity contribution is 7.25. The van der Waals surface area contributed by atoms with Gasteiger partial charge in [-0.15, -0.1) is 11.3 Å². The van der Waals surface area contributed by atoms with Crippen LogP contribution < -0.4 is 16.6 Å². The lowest BCUT2D eigenvalue weighted by Gasteiger charge is -2.15. The van der Waals surface area contributed by atoms with Crippen LogP contribution in [0.2, 0.25) is 0 Å². The first-order valence-corrected chi connectivity index (χ1v) is 13.1. The summed E-state index contributed by atoms with van der Waals surface area (Å²) in [5, 5.41) is 3.79. The second-order valence-corrected chi connectivity index (χ2v) is 10.1. The molecule has 0 saturated heterocycles. The van der Waals surface area contributed by atoms with E-state index in [1.165, 1.54) is 38.9 Å². The lowest BCUT2D eigenvalue weighted by Crippen LogP contribution is -2.41. The molecule has 1 amide bonds. The number of amides is 1. The molecule has 0 saturated carbocycles. The topological polar surface area (TPSA) is 73.1 Å². The number of aromatic nitrogens is 2. The Hall–Kier alpha value is -3.45. The number of fused-ring (bicyclic) bond motifs is 3. The minimum atomic E-state index is -0.500. The van der Waals surface area contributed by atoms with Crippen molar-refractivity contribution in [1.82, 2.24) is 14.5 Å². The van der Waals surface area contributed by atoms with Crippen LogP contribution in [0.4, 0.5) is 0 Å². The zero-order chi connectivity index (χ0) is 24.4. The van der Waals surface area contributed by atoms with Gasteiger partial charge in [-0.3, -0.25) is 14.2 Å². The quantitative estimate of drug-likeness (QED) is 0.376. The first-order chi connectivity index (χ1) is 17.1. The van der Waals surface area contributed by atoms with Gasteiger partial charge in [0.05, 0.1) is 11.2 Å². The maximum absolute atomic E-state index is 13.7. The number of thiophene rings is 1. The number of rotatable bonds is 7. The van der Waals surface area contributed by atoms with E-state index < -0.39 is 5.69 Å². The monoisotopic (exact) mass is 487 g/mol. The van der Waals surface area contributed by atoms with Gasteiger partial charge in [0, 0.05) is 16.6 Å². The largest absolute Gasteiger partial charge is 0.354 e. The summed E-state index contributed by atoms with van der Waals surface area (Å²) in [5.41, 5.74) is 2.71. The van der Waals surface area contributed by atoms with E-state index >= 15 is 0 Å². The predicted octanol–water partition coefficient (Wildman–Crippen LogP) is 4.94. The summed E-state index contributed by atoms with van der Waals surface area (Å²) >= 11 is 1.36. The number of nitrogens with one attached hydrogen (secondary N) is 1. The van der Waals surface area contributed by atoms with Crippen LogP contribution in [0, 0.1) is 0 Å². The first kappa shape index (κ1) is 23.3. The third-order valence-electron chi connectivity index (χ3n) is 6.72. The smallest absolute Gasteiger partial charge is 0.336 e. The molecule has 1 aliphatic carbocycles. The normalized spacial score (nSPS) is 13.8. The van der Waals surface area contributed by atoms with Gasteiger partial charge >= 0.3 is 5.69 Å². The van der Waals surface area contributed by atoms with Crippen LogP contribution in [0.5, 0.6) is 0 Å². The number of allylic oxidation sites excluding steroid dienone is 1. The molecule has 0 aliphatic heterocycles. The molecule has 2 heterocycles. The number of aryl methyl sites for hydroxylation is 1. The van der Waals surface area contributed by atoms with E-state index in [-0.39, 0.29) is 18.0 Å². The lowest BCUT2D eigenvalue weighted by atomic mass is 9.97. The lowest BCUT2D eigenvalue weighted by molar-refractivity contribution is -0.121. The molecule has 2 aromatic carbocycles. The molecule has 0 radical (unpaired) electrons. The van der Waals surface area contributed by atoms with Gasteiger partial charge in [0.2, 0.25) is 5.91 Å². The Balaban J connectivity index is 1.55. The minimum absolute atomic E-state index is 0.136. The van der Waals surface area contributed by atoms with Crippen LogP contribution in [0.1, 0.15) is 44.6 Å². The molecular weight excluding hydrogens is 458 g/mol. The highest BCUT2D eigenvalue weighted by Crippen LogP contribution is 2.31. The summed E-state index contributed by atoms with van der Waals surface area (Å²) in [6, 6.07) is 15.1. The van der Waals surface area contributed by atoms with E-state index in [9.17, 15) is 14.4 Å². The highest BCUT2D eigenvalue weighted by atomic mass is 32.1. The summed E-state index contributed by atoms with van der Waals surface area (Å²) in [4.78, 5) is 40.2. The third-order valence-corrected chi connectivity index (χ3v) is 7.86. The first-order valence-electron chi connectivity index (χ1n) is 12.3. The maximum Gasteiger partial charge on any atom is 0.336 e. The van der Waals surface area contributed by atoms with Crippen molar-refractivity contribution in [3.8, 4) is 5.69 Å². The van der Waals surface area contributed by atoms with Crippen molar-refractivity contribution < 1.29 is 4.79 Å². The molecule has 2 aromatic heterocycles. The number of nitrogens with zero attached hydrogens (tertiary/aromatic N) is 2. The van der Waals surface area contributed by atoms with Crippen molar-refractivity contribution in [3.05, 3.63) is 86.6 Å². The summed E-state index contributed by atoms with van der Waals surface area (Å²) in [6.07, 6.45) is 8.63. The summed E-state index contributed by atoms with van der Waals surface area (Å²) in [7, 11) is 0. The maximum atomic E-state index is 13.7. The molecule has 7 heteroatoms. The van der Waals surface area contributed by atoms with Gasteiger partial charge in [-0.1, -0.05) is 48.9 Å². The summed E-state index contributed by atoms with van der Waals surface area (Å²) in [5.74, 6) is -0.230. The number of carbonyl (C=O) groups excluding carboxylic acids is 1. The van der Waals surface area contributed by atoms with Crippen LogP contribution in [0.15, 0.2) is 69.8 Å². The van der Waals surface area contributed by atoms with Crippen molar-refractivity contribution in [2.24, 2.45) is 0 Å². The van der Waals surface area contributed by atoms with Crippen molar-refractivity contribution in [2.45, 2.75) is 52.0 Å². The van der Waals surface area contributed by atoms with Gasteiger partial charge in [-0.2, -0.15) is 0 Å². The second-order valence-electron chi connectivity index (χ2n) is 9.01. The molecule has 5 rings (SSSR count). The predicted molar refractivity (Wildman–Crippen MR) is 143 cm³/mol. The fourth-order valence-electron chi connectivity index (χ4n) is 4.80. The molecule has 35 heavy (non-hydrogen) atoms. The number of carbonyl (C=O) groups is 1. The van der Waals surface area contributed by atoms with Crippen molar-refractivity contribution in [3.63, 3.8) is 0 Å². The van der Waals surface area contributed by atoms with E-state index in [0.717, 1.165) is 41.3 Å². The average Bonchev–Trinajstić information content (AvgIpc) is 3.28. The van der Waals surface area contributed by atoms with E-state index in [1.807, 2.05) is 36.4 Å². The molecule has 0 spiro atoms. The van der Waals surface area contributed by atoms with Gasteiger partial charge in [0.15, 0.2) is 0 Å². The molecule has 4 aromatic rings. The zero-order valence-electron chi connectivity index (χ0n) is 19.9.